The third-order valence-corrected chi connectivity index (χ3v) is 4.77. The van der Waals surface area contributed by atoms with Gasteiger partial charge < -0.3 is 16.0 Å². The van der Waals surface area contributed by atoms with Gasteiger partial charge in [0.1, 0.15) is 6.54 Å². The van der Waals surface area contributed by atoms with Crippen LogP contribution in [0.15, 0.2) is 48.5 Å². The molecule has 0 saturated heterocycles. The van der Waals surface area contributed by atoms with Gasteiger partial charge in [-0.3, -0.25) is 4.79 Å². The molecule has 3 rings (SSSR count). The molecule has 3 amide bonds. The molecule has 0 bridgehead atoms. The van der Waals surface area contributed by atoms with E-state index < -0.39 is 5.91 Å². The summed E-state index contributed by atoms with van der Waals surface area (Å²) in [6.45, 7) is 4.02. The van der Waals surface area contributed by atoms with Crippen molar-refractivity contribution in [2.24, 2.45) is 5.73 Å². The number of carbonyl (C=O) groups excluding carboxylic acids is 2. The number of hydrogen-bond acceptors (Lipinski definition) is 5. The average Bonchev–Trinajstić information content (AvgIpc) is 3.28. The number of aromatic amines is 1. The molecule has 4 N–H and O–H groups in total. The predicted octanol–water partition coefficient (Wildman–Crippen LogP) is 2.33. The molecule has 1 atom stereocenters. The lowest BCUT2D eigenvalue weighted by Gasteiger charge is -2.24. The summed E-state index contributed by atoms with van der Waals surface area (Å²) in [6.07, 6.45) is 0.796. The van der Waals surface area contributed by atoms with Gasteiger partial charge in [0.05, 0.1) is 0 Å². The standard InChI is InChI=1S/C21H25N7O2/c1-3-14(2)23-21(30)28(13-19(22)29)12-15-8-10-16(11-9-15)17-6-4-5-7-18(17)20-24-26-27-25-20/h4-11,14H,3,12-13H2,1-2H3,(H2,22,29)(H,23,30)(H,24,25,26,27). The van der Waals surface area contributed by atoms with Crippen molar-refractivity contribution in [3.63, 3.8) is 0 Å². The van der Waals surface area contributed by atoms with Crippen LogP contribution in [-0.2, 0) is 11.3 Å². The van der Waals surface area contributed by atoms with E-state index in [2.05, 4.69) is 25.9 Å². The largest absolute Gasteiger partial charge is 0.368 e. The van der Waals surface area contributed by atoms with Gasteiger partial charge in [-0.05, 0) is 35.2 Å². The lowest BCUT2D eigenvalue weighted by atomic mass is 9.98. The molecule has 2 aromatic carbocycles. The summed E-state index contributed by atoms with van der Waals surface area (Å²) < 4.78 is 0. The van der Waals surface area contributed by atoms with Crippen molar-refractivity contribution in [2.75, 3.05) is 6.54 Å². The molecule has 1 unspecified atom stereocenters. The summed E-state index contributed by atoms with van der Waals surface area (Å²) in [4.78, 5) is 25.3. The maximum Gasteiger partial charge on any atom is 0.318 e. The van der Waals surface area contributed by atoms with E-state index in [1.54, 1.807) is 0 Å². The third-order valence-electron chi connectivity index (χ3n) is 4.77. The molecule has 30 heavy (non-hydrogen) atoms. The van der Waals surface area contributed by atoms with Crippen molar-refractivity contribution >= 4 is 11.9 Å². The fraction of sp³-hybridized carbons (Fsp3) is 0.286. The molecule has 0 saturated carbocycles. The zero-order chi connectivity index (χ0) is 21.5. The minimum Gasteiger partial charge on any atom is -0.368 e. The molecule has 1 aromatic heterocycles. The summed E-state index contributed by atoms with van der Waals surface area (Å²) in [7, 11) is 0. The van der Waals surface area contributed by atoms with E-state index in [1.807, 2.05) is 62.4 Å². The molecular formula is C21H25N7O2. The molecule has 0 radical (unpaired) electrons. The molecule has 0 fully saturated rings. The zero-order valence-corrected chi connectivity index (χ0v) is 17.0. The number of H-pyrrole nitrogens is 1. The average molecular weight is 407 g/mol. The molecule has 9 nitrogen and oxygen atoms in total. The zero-order valence-electron chi connectivity index (χ0n) is 17.0. The second-order valence-electron chi connectivity index (χ2n) is 7.06. The number of carbonyl (C=O) groups is 2. The van der Waals surface area contributed by atoms with Crippen LogP contribution < -0.4 is 11.1 Å². The maximum absolute atomic E-state index is 12.5. The number of tetrazole rings is 1. The molecular weight excluding hydrogens is 382 g/mol. The topological polar surface area (TPSA) is 130 Å². The Labute approximate surface area is 174 Å². The number of nitrogens with two attached hydrogens (primary N) is 1. The van der Waals surface area contributed by atoms with Crippen LogP contribution in [0, 0.1) is 0 Å². The van der Waals surface area contributed by atoms with Gasteiger partial charge in [-0.2, -0.15) is 5.21 Å². The first-order valence-electron chi connectivity index (χ1n) is 9.73. The van der Waals surface area contributed by atoms with Crippen LogP contribution in [0.3, 0.4) is 0 Å². The smallest absolute Gasteiger partial charge is 0.318 e. The second kappa shape index (κ2) is 9.64. The fourth-order valence-corrected chi connectivity index (χ4v) is 3.01. The highest BCUT2D eigenvalue weighted by Crippen LogP contribution is 2.29. The second-order valence-corrected chi connectivity index (χ2v) is 7.06. The van der Waals surface area contributed by atoms with Crippen molar-refractivity contribution in [2.45, 2.75) is 32.9 Å². The Morgan fingerprint density at radius 1 is 1.13 bits per heavy atom. The van der Waals surface area contributed by atoms with Gasteiger partial charge in [0.2, 0.25) is 11.7 Å². The van der Waals surface area contributed by atoms with Gasteiger partial charge in [0, 0.05) is 18.2 Å². The SMILES string of the molecule is CCC(C)NC(=O)N(CC(N)=O)Cc1ccc(-c2ccccc2-c2nn[nH]n2)cc1. The Morgan fingerprint density at radius 2 is 1.83 bits per heavy atom. The minimum atomic E-state index is -0.556. The third kappa shape index (κ3) is 5.19. The van der Waals surface area contributed by atoms with Gasteiger partial charge >= 0.3 is 6.03 Å². The number of rotatable bonds is 8. The van der Waals surface area contributed by atoms with Crippen LogP contribution >= 0.6 is 0 Å². The summed E-state index contributed by atoms with van der Waals surface area (Å²) in [6, 6.07) is 15.3. The monoisotopic (exact) mass is 407 g/mol. The first-order valence-corrected chi connectivity index (χ1v) is 9.73. The van der Waals surface area contributed by atoms with Crippen molar-refractivity contribution in [3.05, 3.63) is 54.1 Å². The number of urea groups is 1. The molecule has 0 aliphatic carbocycles. The van der Waals surface area contributed by atoms with E-state index in [4.69, 9.17) is 5.73 Å². The van der Waals surface area contributed by atoms with E-state index in [9.17, 15) is 9.59 Å². The highest BCUT2D eigenvalue weighted by Gasteiger charge is 2.18. The number of primary amides is 1. The van der Waals surface area contributed by atoms with Crippen LogP contribution in [0.2, 0.25) is 0 Å². The van der Waals surface area contributed by atoms with E-state index >= 15 is 0 Å². The highest BCUT2D eigenvalue weighted by atomic mass is 16.2. The van der Waals surface area contributed by atoms with Gasteiger partial charge in [-0.25, -0.2) is 4.79 Å². The predicted molar refractivity (Wildman–Crippen MR) is 113 cm³/mol. The van der Waals surface area contributed by atoms with Crippen molar-refractivity contribution in [1.29, 1.82) is 0 Å². The first kappa shape index (κ1) is 21.0. The van der Waals surface area contributed by atoms with E-state index in [1.165, 1.54) is 4.90 Å². The van der Waals surface area contributed by atoms with Gasteiger partial charge in [-0.1, -0.05) is 55.5 Å². The number of hydrogen-bond donors (Lipinski definition) is 3. The lowest BCUT2D eigenvalue weighted by Crippen LogP contribution is -2.46. The first-order chi connectivity index (χ1) is 14.5. The van der Waals surface area contributed by atoms with E-state index in [0.29, 0.717) is 5.82 Å². The highest BCUT2D eigenvalue weighted by molar-refractivity contribution is 5.83. The van der Waals surface area contributed by atoms with Gasteiger partial charge in [0.15, 0.2) is 0 Å². The van der Waals surface area contributed by atoms with Crippen molar-refractivity contribution < 1.29 is 9.59 Å². The van der Waals surface area contributed by atoms with Crippen LogP contribution in [-0.4, -0.2) is 50.0 Å². The van der Waals surface area contributed by atoms with Crippen LogP contribution in [0.5, 0.6) is 0 Å². The molecule has 3 aromatic rings. The Morgan fingerprint density at radius 3 is 2.43 bits per heavy atom. The molecule has 0 spiro atoms. The number of amides is 3. The number of nitrogens with zero attached hydrogens (tertiary/aromatic N) is 4. The quantitative estimate of drug-likeness (QED) is 0.528. The number of benzene rings is 2. The van der Waals surface area contributed by atoms with Crippen LogP contribution in [0.4, 0.5) is 4.79 Å². The molecule has 156 valence electrons. The normalized spacial score (nSPS) is 11.7. The Hall–Kier alpha value is -3.75. The van der Waals surface area contributed by atoms with Gasteiger partial charge in [0.25, 0.3) is 0 Å². The number of nitrogens with one attached hydrogen (secondary N) is 2. The fourth-order valence-electron chi connectivity index (χ4n) is 3.01. The van der Waals surface area contributed by atoms with Crippen molar-refractivity contribution in [1.82, 2.24) is 30.8 Å². The number of aromatic nitrogens is 4. The molecule has 9 heteroatoms. The maximum atomic E-state index is 12.5. The van der Waals surface area contributed by atoms with Crippen molar-refractivity contribution in [3.8, 4) is 22.5 Å². The Kier molecular flexibility index (Phi) is 6.74. The Bertz CT molecular complexity index is 987. The van der Waals surface area contributed by atoms with E-state index in [0.717, 1.165) is 28.7 Å². The summed E-state index contributed by atoms with van der Waals surface area (Å²) >= 11 is 0. The minimum absolute atomic E-state index is 0.0110. The van der Waals surface area contributed by atoms with Crippen LogP contribution in [0.25, 0.3) is 22.5 Å². The lowest BCUT2D eigenvalue weighted by molar-refractivity contribution is -0.118. The summed E-state index contributed by atoms with van der Waals surface area (Å²) in [5, 5.41) is 17.1. The van der Waals surface area contributed by atoms with Crippen LogP contribution in [0.1, 0.15) is 25.8 Å². The molecule has 1 heterocycles. The van der Waals surface area contributed by atoms with Gasteiger partial charge in [-0.15, -0.1) is 10.2 Å². The molecule has 0 aliphatic heterocycles. The summed E-state index contributed by atoms with van der Waals surface area (Å²) in [5.41, 5.74) is 9.02. The molecule has 0 aliphatic rings. The Balaban J connectivity index is 1.80. The summed E-state index contributed by atoms with van der Waals surface area (Å²) in [5.74, 6) is -0.0380. The van der Waals surface area contributed by atoms with E-state index in [-0.39, 0.29) is 25.2 Å².